The van der Waals surface area contributed by atoms with Gasteiger partial charge in [0.1, 0.15) is 0 Å². The number of carbonyl (C=O) groups is 3. The molecule has 1 fully saturated rings. The molecule has 0 radical (unpaired) electrons. The van der Waals surface area contributed by atoms with Gasteiger partial charge in [-0.1, -0.05) is 43.0 Å². The molecule has 7 heteroatoms. The van der Waals surface area contributed by atoms with E-state index in [1.165, 1.54) is 4.90 Å². The van der Waals surface area contributed by atoms with Gasteiger partial charge in [0.2, 0.25) is 0 Å². The molecule has 1 aliphatic carbocycles. The van der Waals surface area contributed by atoms with Crippen molar-refractivity contribution in [1.82, 2.24) is 4.90 Å². The molecule has 2 aliphatic rings. The van der Waals surface area contributed by atoms with Gasteiger partial charge in [0.15, 0.2) is 0 Å². The van der Waals surface area contributed by atoms with Gasteiger partial charge in [0.25, 0.3) is 11.8 Å². The van der Waals surface area contributed by atoms with E-state index < -0.39 is 6.03 Å². The van der Waals surface area contributed by atoms with Crippen molar-refractivity contribution in [2.24, 2.45) is 0 Å². The Morgan fingerprint density at radius 1 is 0.929 bits per heavy atom. The van der Waals surface area contributed by atoms with Crippen molar-refractivity contribution in [1.29, 1.82) is 0 Å². The van der Waals surface area contributed by atoms with Crippen LogP contribution in [0, 0.1) is 0 Å². The fourth-order valence-corrected chi connectivity index (χ4v) is 4.04. The molecule has 2 aromatic carbocycles. The van der Waals surface area contributed by atoms with Gasteiger partial charge in [-0.15, -0.1) is 0 Å². The molecule has 28 heavy (non-hydrogen) atoms. The summed E-state index contributed by atoms with van der Waals surface area (Å²) in [6, 6.07) is 11.2. The fourth-order valence-electron chi connectivity index (χ4n) is 3.86. The molecule has 4 rings (SSSR count). The number of hydrogen-bond donors (Lipinski definition) is 2. The van der Waals surface area contributed by atoms with E-state index in [1.54, 1.807) is 42.5 Å². The maximum atomic E-state index is 12.8. The van der Waals surface area contributed by atoms with E-state index in [1.807, 2.05) is 0 Å². The van der Waals surface area contributed by atoms with Crippen molar-refractivity contribution in [3.63, 3.8) is 0 Å². The zero-order valence-electron chi connectivity index (χ0n) is 15.2. The molecule has 144 valence electrons. The Morgan fingerprint density at radius 3 is 2.39 bits per heavy atom. The van der Waals surface area contributed by atoms with E-state index in [-0.39, 0.29) is 17.9 Å². The van der Waals surface area contributed by atoms with E-state index in [0.29, 0.717) is 27.5 Å². The van der Waals surface area contributed by atoms with Crippen LogP contribution in [0.1, 0.15) is 52.8 Å². The minimum Gasteiger partial charge on any atom is -0.308 e. The third-order valence-electron chi connectivity index (χ3n) is 5.24. The van der Waals surface area contributed by atoms with Crippen LogP contribution in [0.25, 0.3) is 0 Å². The lowest BCUT2D eigenvalue weighted by atomic mass is 9.94. The van der Waals surface area contributed by atoms with Crippen LogP contribution >= 0.6 is 11.6 Å². The predicted octanol–water partition coefficient (Wildman–Crippen LogP) is 4.91. The average molecular weight is 398 g/mol. The number of halogens is 1. The van der Waals surface area contributed by atoms with Crippen LogP contribution in [-0.4, -0.2) is 28.8 Å². The number of carbonyl (C=O) groups excluding carboxylic acids is 3. The highest BCUT2D eigenvalue weighted by Gasteiger charge is 2.40. The third kappa shape index (κ3) is 3.47. The number of fused-ring (bicyclic) bond motifs is 1. The van der Waals surface area contributed by atoms with Crippen molar-refractivity contribution in [2.75, 3.05) is 10.6 Å². The number of urea groups is 1. The maximum Gasteiger partial charge on any atom is 0.323 e. The van der Waals surface area contributed by atoms with Gasteiger partial charge >= 0.3 is 6.03 Å². The number of rotatable bonds is 3. The van der Waals surface area contributed by atoms with Crippen LogP contribution in [-0.2, 0) is 0 Å². The van der Waals surface area contributed by atoms with Gasteiger partial charge in [-0.2, -0.15) is 0 Å². The van der Waals surface area contributed by atoms with Crippen molar-refractivity contribution in [3.8, 4) is 0 Å². The predicted molar refractivity (Wildman–Crippen MR) is 108 cm³/mol. The second-order valence-electron chi connectivity index (χ2n) is 7.09. The Hall–Kier alpha value is -2.86. The summed E-state index contributed by atoms with van der Waals surface area (Å²) < 4.78 is 0. The number of nitrogens with one attached hydrogen (secondary N) is 2. The van der Waals surface area contributed by atoms with Gasteiger partial charge in [-0.25, -0.2) is 4.79 Å². The largest absolute Gasteiger partial charge is 0.323 e. The fraction of sp³-hybridized carbons (Fsp3) is 0.286. The Labute approximate surface area is 167 Å². The van der Waals surface area contributed by atoms with Crippen LogP contribution in [0.3, 0.4) is 0 Å². The molecule has 1 aliphatic heterocycles. The number of hydrogen-bond acceptors (Lipinski definition) is 3. The quantitative estimate of drug-likeness (QED) is 0.722. The zero-order valence-corrected chi connectivity index (χ0v) is 16.0. The summed E-state index contributed by atoms with van der Waals surface area (Å²) in [5, 5.41) is 5.78. The zero-order chi connectivity index (χ0) is 19.7. The average Bonchev–Trinajstić information content (AvgIpc) is 2.94. The number of imide groups is 1. The Kier molecular flexibility index (Phi) is 5.05. The lowest BCUT2D eigenvalue weighted by Crippen LogP contribution is -2.40. The molecular weight excluding hydrogens is 378 g/mol. The SMILES string of the molecule is O=C(Nc1ccc2c(c1)C(=O)N(C1CCCCC1)C2=O)Nc1ccccc1Cl. The highest BCUT2D eigenvalue weighted by Crippen LogP contribution is 2.32. The number of para-hydroxylation sites is 1. The molecule has 0 bridgehead atoms. The summed E-state index contributed by atoms with van der Waals surface area (Å²) in [5.41, 5.74) is 1.66. The number of nitrogens with zero attached hydrogens (tertiary/aromatic N) is 1. The summed E-state index contributed by atoms with van der Waals surface area (Å²) in [7, 11) is 0. The molecule has 0 saturated heterocycles. The second-order valence-corrected chi connectivity index (χ2v) is 7.50. The molecule has 2 N–H and O–H groups in total. The maximum absolute atomic E-state index is 12.8. The lowest BCUT2D eigenvalue weighted by Gasteiger charge is -2.29. The first-order valence-electron chi connectivity index (χ1n) is 9.39. The molecule has 4 amide bonds. The molecular formula is C21H20ClN3O3. The van der Waals surface area contributed by atoms with Crippen molar-refractivity contribution >= 4 is 40.8 Å². The molecule has 6 nitrogen and oxygen atoms in total. The number of benzene rings is 2. The van der Waals surface area contributed by atoms with Crippen molar-refractivity contribution in [2.45, 2.75) is 38.1 Å². The highest BCUT2D eigenvalue weighted by molar-refractivity contribution is 6.33. The van der Waals surface area contributed by atoms with E-state index in [2.05, 4.69) is 10.6 Å². The monoisotopic (exact) mass is 397 g/mol. The first kappa shape index (κ1) is 18.5. The van der Waals surface area contributed by atoms with Crippen LogP contribution in [0.4, 0.5) is 16.2 Å². The summed E-state index contributed by atoms with van der Waals surface area (Å²) in [4.78, 5) is 39.2. The molecule has 0 atom stereocenters. The summed E-state index contributed by atoms with van der Waals surface area (Å²) in [6.07, 6.45) is 4.93. The van der Waals surface area contributed by atoms with Crippen LogP contribution in [0.2, 0.25) is 5.02 Å². The normalized spacial score (nSPS) is 16.8. The minimum atomic E-state index is -0.478. The molecule has 0 aromatic heterocycles. The van der Waals surface area contributed by atoms with E-state index in [9.17, 15) is 14.4 Å². The smallest absolute Gasteiger partial charge is 0.308 e. The number of anilines is 2. The van der Waals surface area contributed by atoms with Gasteiger partial charge in [0.05, 0.1) is 21.8 Å². The molecule has 1 heterocycles. The third-order valence-corrected chi connectivity index (χ3v) is 5.57. The van der Waals surface area contributed by atoms with Gasteiger partial charge < -0.3 is 10.6 Å². The second kappa shape index (κ2) is 7.64. The summed E-state index contributed by atoms with van der Waals surface area (Å²) in [6.45, 7) is 0. The molecule has 0 unspecified atom stereocenters. The van der Waals surface area contributed by atoms with Crippen molar-refractivity contribution in [3.05, 3.63) is 58.6 Å². The van der Waals surface area contributed by atoms with E-state index >= 15 is 0 Å². The standard InChI is InChI=1S/C21H20ClN3O3/c22-17-8-4-5-9-18(17)24-21(28)23-13-10-11-15-16(12-13)20(27)25(19(15)26)14-6-2-1-3-7-14/h4-5,8-12,14H,1-3,6-7H2,(H2,23,24,28). The molecule has 0 spiro atoms. The van der Waals surface area contributed by atoms with Crippen molar-refractivity contribution < 1.29 is 14.4 Å². The first-order chi connectivity index (χ1) is 13.5. The first-order valence-corrected chi connectivity index (χ1v) is 9.77. The van der Waals surface area contributed by atoms with E-state index in [4.69, 9.17) is 11.6 Å². The Balaban J connectivity index is 1.50. The Bertz CT molecular complexity index is 954. The molecule has 2 aromatic rings. The topological polar surface area (TPSA) is 78.5 Å². The summed E-state index contributed by atoms with van der Waals surface area (Å²) >= 11 is 6.04. The minimum absolute atomic E-state index is 0.0268. The summed E-state index contributed by atoms with van der Waals surface area (Å²) in [5.74, 6) is -0.513. The van der Waals surface area contributed by atoms with Crippen LogP contribution in [0.5, 0.6) is 0 Å². The van der Waals surface area contributed by atoms with Crippen LogP contribution < -0.4 is 10.6 Å². The van der Waals surface area contributed by atoms with Crippen LogP contribution in [0.15, 0.2) is 42.5 Å². The van der Waals surface area contributed by atoms with Gasteiger partial charge in [-0.3, -0.25) is 14.5 Å². The highest BCUT2D eigenvalue weighted by atomic mass is 35.5. The van der Waals surface area contributed by atoms with Gasteiger partial charge in [0, 0.05) is 11.7 Å². The number of amides is 4. The Morgan fingerprint density at radius 2 is 1.64 bits per heavy atom. The van der Waals surface area contributed by atoms with Gasteiger partial charge in [-0.05, 0) is 43.2 Å². The molecule has 1 saturated carbocycles. The lowest BCUT2D eigenvalue weighted by molar-refractivity contribution is 0.0549. The van der Waals surface area contributed by atoms with E-state index in [0.717, 1.165) is 32.1 Å².